The Morgan fingerprint density at radius 2 is 2.13 bits per heavy atom. The molecule has 1 fully saturated rings. The maximum atomic E-state index is 13.8. The fourth-order valence-corrected chi connectivity index (χ4v) is 10.1. The van der Waals surface area contributed by atoms with Crippen LogP contribution in [0.3, 0.4) is 0 Å². The van der Waals surface area contributed by atoms with Gasteiger partial charge >= 0.3 is 11.6 Å². The molecule has 7 rings (SSSR count). The zero-order valence-corrected chi connectivity index (χ0v) is 28.1. The van der Waals surface area contributed by atoms with Crippen molar-refractivity contribution in [3.8, 4) is 5.75 Å². The van der Waals surface area contributed by atoms with Gasteiger partial charge in [0.2, 0.25) is 5.91 Å². The minimum absolute atomic E-state index is 0.0961. The topological polar surface area (TPSA) is 144 Å². The number of hydrogen-bond donors (Lipinski definition) is 3. The molecule has 1 aromatic carbocycles. The van der Waals surface area contributed by atoms with Crippen LogP contribution >= 0.6 is 21.6 Å². The van der Waals surface area contributed by atoms with E-state index < -0.39 is 28.7 Å². The Morgan fingerprint density at radius 1 is 1.28 bits per heavy atom. The van der Waals surface area contributed by atoms with Gasteiger partial charge in [-0.25, -0.2) is 9.59 Å². The van der Waals surface area contributed by atoms with Crippen LogP contribution in [-0.2, 0) is 20.7 Å². The van der Waals surface area contributed by atoms with Gasteiger partial charge in [0, 0.05) is 79.6 Å². The number of aliphatic hydroxyl groups is 1. The fraction of sp³-hybridized carbons (Fsp3) is 0.457. The van der Waals surface area contributed by atoms with E-state index in [0.29, 0.717) is 47.9 Å². The van der Waals surface area contributed by atoms with E-state index in [2.05, 4.69) is 11.4 Å². The van der Waals surface area contributed by atoms with E-state index in [4.69, 9.17) is 19.6 Å². The third kappa shape index (κ3) is 5.57. The van der Waals surface area contributed by atoms with Gasteiger partial charge in [-0.1, -0.05) is 39.3 Å². The SMILES string of the molecule is C/C=C(\CCO)C(=O)O[C@]1(C)CC=C2CSSC[C@@H]3CCN3C(=O)CC3=C(C=C(N)NC3)[C@@H]2[C@]12Cc1cc3ccc(=O)oc3cc1O2. The number of ether oxygens (including phenoxy) is 2. The van der Waals surface area contributed by atoms with Crippen LogP contribution in [-0.4, -0.2) is 70.3 Å². The summed E-state index contributed by atoms with van der Waals surface area (Å²) >= 11 is 0. The number of esters is 1. The summed E-state index contributed by atoms with van der Waals surface area (Å²) in [6, 6.07) is 7.10. The molecule has 1 saturated heterocycles. The van der Waals surface area contributed by atoms with Crippen LogP contribution in [0.2, 0.25) is 0 Å². The molecular weight excluding hydrogens is 639 g/mol. The maximum absolute atomic E-state index is 13.8. The Kier molecular flexibility index (Phi) is 8.46. The van der Waals surface area contributed by atoms with Gasteiger partial charge < -0.3 is 34.9 Å². The molecule has 1 amide bonds. The first-order chi connectivity index (χ1) is 22.6. The molecule has 5 aliphatic rings. The Bertz CT molecular complexity index is 1830. The number of nitrogens with zero attached hydrogens (tertiary/aromatic N) is 1. The van der Waals surface area contributed by atoms with E-state index in [1.165, 1.54) is 6.07 Å². The quantitative estimate of drug-likeness (QED) is 0.141. The maximum Gasteiger partial charge on any atom is 0.336 e. The number of nitrogens with one attached hydrogen (secondary N) is 1. The summed E-state index contributed by atoms with van der Waals surface area (Å²) in [5.74, 6) is 1.78. The van der Waals surface area contributed by atoms with E-state index in [-0.39, 0.29) is 31.4 Å². The summed E-state index contributed by atoms with van der Waals surface area (Å²) in [6.07, 6.45) is 7.98. The number of rotatable bonds is 4. The van der Waals surface area contributed by atoms with Crippen molar-refractivity contribution in [2.75, 3.05) is 31.2 Å². The second kappa shape index (κ2) is 12.4. The lowest BCUT2D eigenvalue weighted by Crippen LogP contribution is -2.65. The highest BCUT2D eigenvalue weighted by Gasteiger charge is 2.64. The number of dihydropyridines is 1. The van der Waals surface area contributed by atoms with Crippen molar-refractivity contribution >= 4 is 44.4 Å². The van der Waals surface area contributed by atoms with Crippen LogP contribution in [0.4, 0.5) is 0 Å². The van der Waals surface area contributed by atoms with Crippen LogP contribution in [0.25, 0.3) is 11.0 Å². The van der Waals surface area contributed by atoms with Crippen molar-refractivity contribution in [2.24, 2.45) is 11.7 Å². The van der Waals surface area contributed by atoms with Gasteiger partial charge in [0.05, 0.1) is 18.2 Å². The molecule has 5 heterocycles. The zero-order valence-electron chi connectivity index (χ0n) is 26.5. The van der Waals surface area contributed by atoms with Gasteiger partial charge in [-0.05, 0) is 55.2 Å². The van der Waals surface area contributed by atoms with Gasteiger partial charge in [0.25, 0.3) is 0 Å². The lowest BCUT2D eigenvalue weighted by atomic mass is 9.61. The summed E-state index contributed by atoms with van der Waals surface area (Å²) in [5.41, 5.74) is 8.33. The van der Waals surface area contributed by atoms with Gasteiger partial charge in [-0.2, -0.15) is 0 Å². The van der Waals surface area contributed by atoms with Gasteiger partial charge in [0.15, 0.2) is 11.2 Å². The molecule has 12 heteroatoms. The van der Waals surface area contributed by atoms with Crippen molar-refractivity contribution in [3.05, 3.63) is 86.6 Å². The van der Waals surface area contributed by atoms with Gasteiger partial charge in [-0.3, -0.25) is 4.79 Å². The van der Waals surface area contributed by atoms with Crippen molar-refractivity contribution in [3.63, 3.8) is 0 Å². The van der Waals surface area contributed by atoms with Crippen molar-refractivity contribution in [1.29, 1.82) is 0 Å². The minimum atomic E-state index is -1.18. The van der Waals surface area contributed by atoms with Crippen LogP contribution in [0.5, 0.6) is 5.75 Å². The molecule has 4 atom stereocenters. The number of hydrogen-bond acceptors (Lipinski definition) is 11. The number of fused-ring (bicyclic) bond motifs is 6. The van der Waals surface area contributed by atoms with Crippen LogP contribution < -0.4 is 21.4 Å². The lowest BCUT2D eigenvalue weighted by Gasteiger charge is -2.53. The van der Waals surface area contributed by atoms with E-state index >= 15 is 0 Å². The minimum Gasteiger partial charge on any atom is -0.481 e. The highest BCUT2D eigenvalue weighted by Crippen LogP contribution is 2.57. The fourth-order valence-electron chi connectivity index (χ4n) is 7.59. The smallest absolute Gasteiger partial charge is 0.336 e. The van der Waals surface area contributed by atoms with E-state index in [1.807, 2.05) is 24.0 Å². The Balaban J connectivity index is 1.42. The number of carbonyl (C=O) groups is 2. The average Bonchev–Trinajstić information content (AvgIpc) is 3.39. The first-order valence-corrected chi connectivity index (χ1v) is 18.5. The molecule has 2 aromatic rings. The number of aliphatic hydroxyl groups excluding tert-OH is 1. The van der Waals surface area contributed by atoms with Crippen LogP contribution in [0, 0.1) is 5.92 Å². The van der Waals surface area contributed by atoms with Gasteiger partial charge in [-0.15, -0.1) is 0 Å². The zero-order chi connectivity index (χ0) is 32.9. The van der Waals surface area contributed by atoms with Crippen molar-refractivity contribution in [1.82, 2.24) is 10.2 Å². The standard InChI is InChI=1S/C35H39N3O7S2/c1-3-20(8-11-39)33(42)45-34(2)9-6-22-18-46-47-19-25-7-10-38(25)30(40)13-24-17-37-29(36)14-26(24)32(22)35(34)16-23-12-21-4-5-31(41)43-27(21)15-28(23)44-35/h3-6,12,14-15,25,32,37,39H,7-11,13,16-19,36H2,1-2H3/b20-3+/t25-,32+,34+,35+/m0/s1. The molecule has 0 unspecified atom stereocenters. The summed E-state index contributed by atoms with van der Waals surface area (Å²) in [6.45, 7) is 4.67. The first-order valence-electron chi connectivity index (χ1n) is 16.1. The molecular formula is C35H39N3O7S2. The summed E-state index contributed by atoms with van der Waals surface area (Å²) in [5, 5.41) is 13.7. The van der Waals surface area contributed by atoms with E-state index in [1.54, 1.807) is 46.7 Å². The molecule has 1 spiro atoms. The van der Waals surface area contributed by atoms with E-state index in [0.717, 1.165) is 46.4 Å². The monoisotopic (exact) mass is 677 g/mol. The molecule has 0 bridgehead atoms. The average molecular weight is 678 g/mol. The number of benzene rings is 1. The highest BCUT2D eigenvalue weighted by molar-refractivity contribution is 8.76. The van der Waals surface area contributed by atoms with Crippen molar-refractivity contribution < 1.29 is 28.6 Å². The third-order valence-electron chi connectivity index (χ3n) is 10.3. The first kappa shape index (κ1) is 32.0. The second-order valence-corrected chi connectivity index (χ2v) is 15.5. The molecule has 0 radical (unpaired) electrons. The van der Waals surface area contributed by atoms with Gasteiger partial charge in [0.1, 0.15) is 11.3 Å². The van der Waals surface area contributed by atoms with Crippen LogP contribution in [0.1, 0.15) is 45.1 Å². The number of amides is 1. The normalized spacial score (nSPS) is 29.1. The molecule has 47 heavy (non-hydrogen) atoms. The summed E-state index contributed by atoms with van der Waals surface area (Å²) in [7, 11) is 3.54. The Hall–Kier alpha value is -3.61. The third-order valence-corrected chi connectivity index (χ3v) is 12.7. The number of carbonyl (C=O) groups excluding carboxylic acids is 2. The summed E-state index contributed by atoms with van der Waals surface area (Å²) < 4.78 is 19.2. The summed E-state index contributed by atoms with van der Waals surface area (Å²) in [4.78, 5) is 41.6. The molecule has 4 aliphatic heterocycles. The highest BCUT2D eigenvalue weighted by atomic mass is 33.1. The molecule has 0 saturated carbocycles. The number of nitrogens with two attached hydrogens (primary N) is 1. The van der Waals surface area contributed by atoms with Crippen LogP contribution in [0.15, 0.2) is 79.8 Å². The Labute approximate surface area is 280 Å². The second-order valence-electron chi connectivity index (χ2n) is 13.0. The molecule has 1 aromatic heterocycles. The predicted molar refractivity (Wildman–Crippen MR) is 183 cm³/mol. The lowest BCUT2D eigenvalue weighted by molar-refractivity contribution is -0.186. The number of allylic oxidation sites excluding steroid dienone is 2. The van der Waals surface area contributed by atoms with E-state index in [9.17, 15) is 19.5 Å². The molecule has 1 aliphatic carbocycles. The largest absolute Gasteiger partial charge is 0.481 e. The van der Waals surface area contributed by atoms with Crippen molar-refractivity contribution in [2.45, 2.75) is 63.2 Å². The Morgan fingerprint density at radius 3 is 2.89 bits per heavy atom. The molecule has 10 nitrogen and oxygen atoms in total. The molecule has 4 N–H and O–H groups in total. The predicted octanol–water partition coefficient (Wildman–Crippen LogP) is 4.13. The molecule has 248 valence electrons.